The lowest BCUT2D eigenvalue weighted by Crippen LogP contribution is -2.94. The number of Topliss-reactive ketones (excluding diaryl/α,β-unsaturated/α-hetero) is 3. The number of hydrogen-bond acceptors (Lipinski definition) is 14. The van der Waals surface area contributed by atoms with Gasteiger partial charge in [-0.1, -0.05) is 208 Å². The van der Waals surface area contributed by atoms with Crippen LogP contribution in [0.1, 0.15) is 54.2 Å². The van der Waals surface area contributed by atoms with Gasteiger partial charge in [-0.15, -0.1) is 6.58 Å². The standard InChI is InChI=1S/C62H68O14Si/c1-5-36-59(70)57(68,40-43-26-14-7-15-27-43)53(48(63)39-42-24-12-6-13-25-42)75-55(58(59,69)41-44-28-16-8-17-29-44)61(72)54(50(65)49(64)45-30-18-9-19-31-45)76-56(74-37-38-77(2,3)4)60(71,51(66)46-32-20-10-21-33-46)62(61,73)52(67)47-34-22-11-23-35-47/h5-35,48,50,53-56,63,65,68-73H,1,36-41H2,2-4H3/t48?,50?,53-,54-,55-,56+,57+,58+,59+,60+,61-,62-/m1/s1. The van der Waals surface area contributed by atoms with E-state index in [0.29, 0.717) is 17.2 Å². The highest BCUT2D eigenvalue weighted by molar-refractivity contribution is 6.76. The van der Waals surface area contributed by atoms with E-state index in [1.165, 1.54) is 84.9 Å². The van der Waals surface area contributed by atoms with Crippen molar-refractivity contribution in [3.05, 3.63) is 228 Å². The average molecular weight is 1070 g/mol. The molecule has 8 rings (SSSR count). The number of hydrogen-bond donors (Lipinski definition) is 8. The first-order valence-corrected chi connectivity index (χ1v) is 29.5. The fourth-order valence-corrected chi connectivity index (χ4v) is 12.1. The Bertz CT molecular complexity index is 2970. The smallest absolute Gasteiger partial charge is 0.218 e. The van der Waals surface area contributed by atoms with Gasteiger partial charge >= 0.3 is 0 Å². The van der Waals surface area contributed by atoms with Gasteiger partial charge in [0, 0.05) is 50.6 Å². The molecule has 14 nitrogen and oxygen atoms in total. The molecule has 0 aromatic heterocycles. The topological polar surface area (TPSA) is 241 Å². The maximum absolute atomic E-state index is 16.3. The fraction of sp³-hybridized carbons (Fsp3) is 0.339. The third kappa shape index (κ3) is 10.3. The third-order valence-electron chi connectivity index (χ3n) is 15.4. The van der Waals surface area contributed by atoms with Crippen molar-refractivity contribution in [2.75, 3.05) is 6.61 Å². The first kappa shape index (κ1) is 57.0. The van der Waals surface area contributed by atoms with Crippen molar-refractivity contribution in [2.45, 2.75) is 122 Å². The summed E-state index contributed by atoms with van der Waals surface area (Å²) >= 11 is 0. The molecule has 8 N–H and O–H groups in total. The summed E-state index contributed by atoms with van der Waals surface area (Å²) in [5.41, 5.74) is -21.3. The van der Waals surface area contributed by atoms with Crippen molar-refractivity contribution >= 4 is 25.4 Å². The van der Waals surface area contributed by atoms with Crippen LogP contribution in [0, 0.1) is 0 Å². The van der Waals surface area contributed by atoms with E-state index in [1.54, 1.807) is 103 Å². The molecular weight excluding hydrogens is 997 g/mol. The van der Waals surface area contributed by atoms with Crippen LogP contribution in [0.3, 0.4) is 0 Å². The highest BCUT2D eigenvalue weighted by Crippen LogP contribution is 2.59. The van der Waals surface area contributed by atoms with Crippen molar-refractivity contribution in [2.24, 2.45) is 0 Å². The quantitative estimate of drug-likeness (QED) is 0.0238. The summed E-state index contributed by atoms with van der Waals surface area (Å²) in [5.74, 6) is -4.23. The van der Waals surface area contributed by atoms with Crippen LogP contribution in [-0.2, 0) is 33.5 Å². The molecule has 2 saturated heterocycles. The minimum absolute atomic E-state index is 0.165. The van der Waals surface area contributed by atoms with E-state index in [0.717, 1.165) is 0 Å². The van der Waals surface area contributed by atoms with Crippen LogP contribution in [0.5, 0.6) is 0 Å². The Labute approximate surface area is 449 Å². The Balaban J connectivity index is 1.52. The first-order chi connectivity index (χ1) is 36.6. The van der Waals surface area contributed by atoms with E-state index in [1.807, 2.05) is 19.6 Å². The van der Waals surface area contributed by atoms with Crippen LogP contribution >= 0.6 is 0 Å². The monoisotopic (exact) mass is 1060 g/mol. The molecule has 2 heterocycles. The molecule has 0 bridgehead atoms. The van der Waals surface area contributed by atoms with Gasteiger partial charge < -0.3 is 55.1 Å². The fourth-order valence-electron chi connectivity index (χ4n) is 11.3. The van der Waals surface area contributed by atoms with E-state index < -0.39 is 121 Å². The number of ketones is 3. The highest BCUT2D eigenvalue weighted by Gasteiger charge is 2.86. The van der Waals surface area contributed by atoms with Gasteiger partial charge in [0.15, 0.2) is 17.7 Å². The van der Waals surface area contributed by atoms with E-state index in [2.05, 4.69) is 6.58 Å². The number of aliphatic hydroxyl groups is 8. The van der Waals surface area contributed by atoms with Crippen LogP contribution in [0.25, 0.3) is 0 Å². The van der Waals surface area contributed by atoms with E-state index in [4.69, 9.17) is 14.2 Å². The minimum Gasteiger partial charge on any atom is -0.390 e. The van der Waals surface area contributed by atoms with Crippen LogP contribution < -0.4 is 0 Å². The predicted molar refractivity (Wildman–Crippen MR) is 291 cm³/mol. The third-order valence-corrected chi connectivity index (χ3v) is 17.1. The van der Waals surface area contributed by atoms with Gasteiger partial charge in [0.05, 0.1) is 6.10 Å². The summed E-state index contributed by atoms with van der Waals surface area (Å²) in [6.45, 7) is 9.66. The maximum Gasteiger partial charge on any atom is 0.218 e. The normalized spacial score (nSPS) is 30.2. The van der Waals surface area contributed by atoms with Gasteiger partial charge in [-0.05, 0) is 29.2 Å². The molecule has 6 aromatic rings. The highest BCUT2D eigenvalue weighted by atomic mass is 28.3. The molecule has 2 fully saturated rings. The number of aliphatic hydroxyl groups excluding tert-OH is 2. The molecule has 77 heavy (non-hydrogen) atoms. The van der Waals surface area contributed by atoms with Gasteiger partial charge in [0.25, 0.3) is 0 Å². The number of benzene rings is 6. The first-order valence-electron chi connectivity index (χ1n) is 25.8. The summed E-state index contributed by atoms with van der Waals surface area (Å²) in [6.07, 6.45) is -16.3. The van der Waals surface area contributed by atoms with Gasteiger partial charge in [-0.25, -0.2) is 0 Å². The van der Waals surface area contributed by atoms with Gasteiger partial charge in [0.2, 0.25) is 22.8 Å². The van der Waals surface area contributed by atoms with E-state index in [-0.39, 0.29) is 29.7 Å². The number of rotatable bonds is 21. The zero-order valence-electron chi connectivity index (χ0n) is 43.3. The zero-order valence-corrected chi connectivity index (χ0v) is 44.3. The Hall–Kier alpha value is -6.15. The molecule has 15 heteroatoms. The molecular formula is C62H68O14Si. The molecule has 12 atom stereocenters. The molecule has 2 unspecified atom stereocenters. The number of carbonyl (C=O) groups excluding carboxylic acids is 3. The average Bonchev–Trinajstić information content (AvgIpc) is 3.62. The van der Waals surface area contributed by atoms with Crippen molar-refractivity contribution < 1.29 is 69.4 Å². The van der Waals surface area contributed by atoms with Crippen molar-refractivity contribution in [1.29, 1.82) is 0 Å². The minimum atomic E-state index is -4.20. The number of carbonyl (C=O) groups is 3. The molecule has 0 amide bonds. The Morgan fingerprint density at radius 3 is 1.48 bits per heavy atom. The Morgan fingerprint density at radius 1 is 0.584 bits per heavy atom. The number of ether oxygens (including phenoxy) is 3. The molecule has 2 aliphatic heterocycles. The summed E-state index contributed by atoms with van der Waals surface area (Å²) in [6, 6.07) is 46.2. The largest absolute Gasteiger partial charge is 0.390 e. The maximum atomic E-state index is 16.3. The SMILES string of the molecule is C=CC[C@]1(O)[C@](O)(Cc2ccccc2)[C@@H](C(O)Cc2ccccc2)O[C@@H]([C@]2(O)[C@@H](C(O)C(=O)c3ccccc3)O[C@H](OCC[Si](C)(C)C)[C@@](O)(C(=O)c3ccccc3)[C@]2(O)C(=O)c2ccccc2)[C@@]1(O)Cc1ccccc1. The van der Waals surface area contributed by atoms with Crippen LogP contribution in [0.4, 0.5) is 0 Å². The Morgan fingerprint density at radius 2 is 1.01 bits per heavy atom. The molecule has 0 radical (unpaired) electrons. The van der Waals surface area contributed by atoms with E-state index in [9.17, 15) is 45.6 Å². The summed E-state index contributed by atoms with van der Waals surface area (Å²) in [4.78, 5) is 47.1. The molecule has 6 aromatic carbocycles. The van der Waals surface area contributed by atoms with Gasteiger partial charge in [-0.3, -0.25) is 14.4 Å². The Kier molecular flexibility index (Phi) is 16.8. The van der Waals surface area contributed by atoms with Crippen LogP contribution in [0.2, 0.25) is 25.7 Å². The molecule has 404 valence electrons. The van der Waals surface area contributed by atoms with Gasteiger partial charge in [-0.2, -0.15) is 0 Å². The summed E-state index contributed by atoms with van der Waals surface area (Å²) < 4.78 is 19.9. The predicted octanol–water partition coefficient (Wildman–Crippen LogP) is 5.89. The second kappa shape index (κ2) is 22.7. The second-order valence-corrected chi connectivity index (χ2v) is 27.3. The van der Waals surface area contributed by atoms with Crippen molar-refractivity contribution in [3.63, 3.8) is 0 Å². The molecule has 0 aliphatic carbocycles. The molecule has 0 saturated carbocycles. The molecule has 2 aliphatic rings. The van der Waals surface area contributed by atoms with Crippen LogP contribution in [-0.4, -0.2) is 143 Å². The summed E-state index contributed by atoms with van der Waals surface area (Å²) in [7, 11) is -2.08. The van der Waals surface area contributed by atoms with Gasteiger partial charge in [0.1, 0.15) is 41.2 Å². The van der Waals surface area contributed by atoms with E-state index >= 15 is 9.59 Å². The van der Waals surface area contributed by atoms with Crippen molar-refractivity contribution in [3.8, 4) is 0 Å². The lowest BCUT2D eigenvalue weighted by molar-refractivity contribution is -0.438. The summed E-state index contributed by atoms with van der Waals surface area (Å²) in [5, 5.41) is 112. The van der Waals surface area contributed by atoms with Crippen LogP contribution in [0.15, 0.2) is 195 Å². The lowest BCUT2D eigenvalue weighted by atomic mass is 9.50. The molecule has 0 spiro atoms. The van der Waals surface area contributed by atoms with Crippen molar-refractivity contribution in [1.82, 2.24) is 0 Å². The lowest BCUT2D eigenvalue weighted by Gasteiger charge is -2.68. The zero-order chi connectivity index (χ0) is 55.4. The second-order valence-electron chi connectivity index (χ2n) is 21.7.